The molecule has 0 unspecified atom stereocenters. The number of hydrogen-bond acceptors (Lipinski definition) is 6. The molecule has 0 radical (unpaired) electrons. The fourth-order valence-electron chi connectivity index (χ4n) is 4.66. The number of fused-ring (bicyclic) bond motifs is 1. The summed E-state index contributed by atoms with van der Waals surface area (Å²) in [6.07, 6.45) is 5.29. The van der Waals surface area contributed by atoms with Crippen LogP contribution in [0.15, 0.2) is 18.2 Å². The summed E-state index contributed by atoms with van der Waals surface area (Å²) < 4.78 is 14.5. The molecule has 2 aromatic rings. The summed E-state index contributed by atoms with van der Waals surface area (Å²) in [4.78, 5) is 29.7. The fraction of sp³-hybridized carbons (Fsp3) is 0.480. The van der Waals surface area contributed by atoms with Gasteiger partial charge in [0.1, 0.15) is 16.9 Å². The average Bonchev–Trinajstić information content (AvgIpc) is 2.97. The van der Waals surface area contributed by atoms with Crippen molar-refractivity contribution in [1.29, 1.82) is 5.26 Å². The van der Waals surface area contributed by atoms with Gasteiger partial charge in [0.05, 0.1) is 17.3 Å². The normalized spacial score (nSPS) is 17.6. The van der Waals surface area contributed by atoms with Gasteiger partial charge in [0.15, 0.2) is 5.78 Å². The third-order valence-corrected chi connectivity index (χ3v) is 7.91. The number of carbonyl (C=O) groups is 2. The van der Waals surface area contributed by atoms with E-state index in [1.165, 1.54) is 24.3 Å². The zero-order chi connectivity index (χ0) is 23.5. The van der Waals surface area contributed by atoms with Gasteiger partial charge in [-0.15, -0.1) is 11.3 Å². The number of piperazine rings is 1. The second kappa shape index (κ2) is 10.0. The third kappa shape index (κ3) is 4.94. The SMILES string of the molecule is CC(=O)c1ccc(N2CCN([C@@H](C)C(=O)Nc3sc4c(c3C#N)CCCCC4)CC2)c(F)c1. The molecule has 8 heteroatoms. The van der Waals surface area contributed by atoms with E-state index in [-0.39, 0.29) is 17.7 Å². The first kappa shape index (κ1) is 23.4. The van der Waals surface area contributed by atoms with Crippen molar-refractivity contribution in [1.82, 2.24) is 4.90 Å². The summed E-state index contributed by atoms with van der Waals surface area (Å²) >= 11 is 1.55. The fourth-order valence-corrected chi connectivity index (χ4v) is 5.91. The van der Waals surface area contributed by atoms with Gasteiger partial charge in [-0.2, -0.15) is 5.26 Å². The second-order valence-corrected chi connectivity index (χ2v) is 9.90. The Morgan fingerprint density at radius 3 is 2.55 bits per heavy atom. The number of amides is 1. The highest BCUT2D eigenvalue weighted by Gasteiger charge is 2.28. The molecular weight excluding hydrogens is 439 g/mol. The van der Waals surface area contributed by atoms with E-state index in [4.69, 9.17) is 0 Å². The molecule has 1 aliphatic carbocycles. The van der Waals surface area contributed by atoms with Crippen LogP contribution in [0.5, 0.6) is 0 Å². The van der Waals surface area contributed by atoms with E-state index in [0.29, 0.717) is 48.0 Å². The minimum absolute atomic E-state index is 0.117. The number of thiophene rings is 1. The van der Waals surface area contributed by atoms with Crippen LogP contribution < -0.4 is 10.2 Å². The molecule has 6 nitrogen and oxygen atoms in total. The molecule has 2 aliphatic rings. The van der Waals surface area contributed by atoms with E-state index in [9.17, 15) is 19.2 Å². The molecule has 1 N–H and O–H groups in total. The van der Waals surface area contributed by atoms with Gasteiger partial charge in [0.2, 0.25) is 5.91 Å². The molecule has 2 heterocycles. The van der Waals surface area contributed by atoms with Crippen molar-refractivity contribution in [2.75, 3.05) is 36.4 Å². The van der Waals surface area contributed by atoms with Crippen LogP contribution in [0.2, 0.25) is 0 Å². The lowest BCUT2D eigenvalue weighted by atomic mass is 10.1. The van der Waals surface area contributed by atoms with E-state index in [1.807, 2.05) is 11.8 Å². The van der Waals surface area contributed by atoms with Gasteiger partial charge < -0.3 is 10.2 Å². The van der Waals surface area contributed by atoms with Crippen LogP contribution in [0.25, 0.3) is 0 Å². The number of carbonyl (C=O) groups excluding carboxylic acids is 2. The summed E-state index contributed by atoms with van der Waals surface area (Å²) in [5, 5.41) is 13.4. The first-order chi connectivity index (χ1) is 15.9. The summed E-state index contributed by atoms with van der Waals surface area (Å²) in [6.45, 7) is 5.71. The number of nitrogens with one attached hydrogen (secondary N) is 1. The van der Waals surface area contributed by atoms with Crippen LogP contribution in [0.3, 0.4) is 0 Å². The maximum absolute atomic E-state index is 14.5. The molecule has 1 saturated heterocycles. The van der Waals surface area contributed by atoms with Crippen molar-refractivity contribution >= 4 is 33.7 Å². The van der Waals surface area contributed by atoms with Crippen molar-refractivity contribution in [3.63, 3.8) is 0 Å². The van der Waals surface area contributed by atoms with Crippen LogP contribution in [-0.2, 0) is 17.6 Å². The van der Waals surface area contributed by atoms with Crippen molar-refractivity contribution in [2.45, 2.75) is 52.0 Å². The lowest BCUT2D eigenvalue weighted by Gasteiger charge is -2.38. The van der Waals surface area contributed by atoms with Crippen molar-refractivity contribution in [3.05, 3.63) is 45.6 Å². The minimum atomic E-state index is -0.400. The molecule has 0 bridgehead atoms. The van der Waals surface area contributed by atoms with Crippen molar-refractivity contribution < 1.29 is 14.0 Å². The summed E-state index contributed by atoms with van der Waals surface area (Å²) in [5.41, 5.74) is 2.60. The Bertz CT molecular complexity index is 1100. The summed E-state index contributed by atoms with van der Waals surface area (Å²) in [5.74, 6) is -0.677. The van der Waals surface area contributed by atoms with Crippen LogP contribution >= 0.6 is 11.3 Å². The first-order valence-electron chi connectivity index (χ1n) is 11.5. The number of ketones is 1. The lowest BCUT2D eigenvalue weighted by molar-refractivity contribution is -0.120. The van der Waals surface area contributed by atoms with Crippen molar-refractivity contribution in [3.8, 4) is 6.07 Å². The smallest absolute Gasteiger partial charge is 0.242 e. The molecule has 0 spiro atoms. The predicted molar refractivity (Wildman–Crippen MR) is 129 cm³/mol. The Labute approximate surface area is 198 Å². The zero-order valence-electron chi connectivity index (χ0n) is 19.1. The van der Waals surface area contributed by atoms with Crippen LogP contribution in [0.4, 0.5) is 15.1 Å². The summed E-state index contributed by atoms with van der Waals surface area (Å²) in [6, 6.07) is 6.55. The lowest BCUT2D eigenvalue weighted by Crippen LogP contribution is -2.53. The number of halogens is 1. The predicted octanol–water partition coefficient (Wildman–Crippen LogP) is 4.38. The number of hydrogen-bond donors (Lipinski definition) is 1. The Kier molecular flexibility index (Phi) is 7.11. The van der Waals surface area contributed by atoms with E-state index < -0.39 is 5.82 Å². The highest BCUT2D eigenvalue weighted by Crippen LogP contribution is 2.37. The van der Waals surface area contributed by atoms with Gasteiger partial charge in [0.25, 0.3) is 0 Å². The van der Waals surface area contributed by atoms with Gasteiger partial charge in [-0.3, -0.25) is 14.5 Å². The molecule has 33 heavy (non-hydrogen) atoms. The number of nitrogens with zero attached hydrogens (tertiary/aromatic N) is 3. The van der Waals surface area contributed by atoms with Crippen LogP contribution in [0, 0.1) is 17.1 Å². The molecule has 4 rings (SSSR count). The highest BCUT2D eigenvalue weighted by molar-refractivity contribution is 7.16. The molecule has 1 atom stereocenters. The second-order valence-electron chi connectivity index (χ2n) is 8.79. The van der Waals surface area contributed by atoms with Gasteiger partial charge in [-0.25, -0.2) is 4.39 Å². The zero-order valence-corrected chi connectivity index (χ0v) is 19.9. The number of rotatable bonds is 5. The monoisotopic (exact) mass is 468 g/mol. The quantitative estimate of drug-likeness (QED) is 0.521. The van der Waals surface area contributed by atoms with Crippen LogP contribution in [0.1, 0.15) is 59.5 Å². The molecule has 1 aromatic heterocycles. The third-order valence-electron chi connectivity index (χ3n) is 6.71. The molecule has 1 aromatic carbocycles. The number of aryl methyl sites for hydroxylation is 1. The molecule has 1 fully saturated rings. The Balaban J connectivity index is 1.38. The Hall–Kier alpha value is -2.76. The maximum atomic E-state index is 14.5. The van der Waals surface area contributed by atoms with E-state index in [0.717, 1.165) is 31.2 Å². The standard InChI is InChI=1S/C25H29FN4O2S/c1-16(24(32)28-25-20(15-27)19-6-4-3-5-7-23(19)33-25)29-10-12-30(13-11-29)22-9-8-18(17(2)31)14-21(22)26/h8-9,14,16H,3-7,10-13H2,1-2H3,(H,28,32)/t16-/m0/s1. The number of Topliss-reactive ketones (excluding diaryl/α,β-unsaturated/α-hetero) is 1. The first-order valence-corrected chi connectivity index (χ1v) is 12.4. The van der Waals surface area contributed by atoms with Gasteiger partial charge in [-0.1, -0.05) is 6.42 Å². The summed E-state index contributed by atoms with van der Waals surface area (Å²) in [7, 11) is 0. The van der Waals surface area contributed by atoms with Crippen molar-refractivity contribution in [2.24, 2.45) is 0 Å². The van der Waals surface area contributed by atoms with E-state index in [2.05, 4.69) is 16.3 Å². The molecule has 1 aliphatic heterocycles. The number of nitriles is 1. The minimum Gasteiger partial charge on any atom is -0.367 e. The molecule has 0 saturated carbocycles. The van der Waals surface area contributed by atoms with Gasteiger partial charge in [-0.05, 0) is 63.3 Å². The Morgan fingerprint density at radius 1 is 1.15 bits per heavy atom. The number of anilines is 2. The maximum Gasteiger partial charge on any atom is 0.242 e. The Morgan fingerprint density at radius 2 is 1.88 bits per heavy atom. The van der Waals surface area contributed by atoms with Gasteiger partial charge in [0, 0.05) is 36.6 Å². The molecule has 174 valence electrons. The molecular formula is C25H29FN4O2S. The van der Waals surface area contributed by atoms with E-state index in [1.54, 1.807) is 23.5 Å². The average molecular weight is 469 g/mol. The highest BCUT2D eigenvalue weighted by atomic mass is 32.1. The van der Waals surface area contributed by atoms with Gasteiger partial charge >= 0.3 is 0 Å². The topological polar surface area (TPSA) is 76.4 Å². The number of benzene rings is 1. The largest absolute Gasteiger partial charge is 0.367 e. The molecule has 1 amide bonds. The van der Waals surface area contributed by atoms with Crippen LogP contribution in [-0.4, -0.2) is 48.8 Å². The van der Waals surface area contributed by atoms with E-state index >= 15 is 0 Å².